The molecule has 2 amide bonds. The Labute approximate surface area is 123 Å². The third kappa shape index (κ3) is 4.07. The van der Waals surface area contributed by atoms with Crippen LogP contribution in [0.2, 0.25) is 0 Å². The van der Waals surface area contributed by atoms with Gasteiger partial charge in [0, 0.05) is 18.3 Å². The lowest BCUT2D eigenvalue weighted by atomic mass is 10.1. The summed E-state index contributed by atoms with van der Waals surface area (Å²) in [5.74, 6) is -0.618. The van der Waals surface area contributed by atoms with Gasteiger partial charge in [0.1, 0.15) is 6.04 Å². The first-order valence-electron chi connectivity index (χ1n) is 6.54. The molecular formula is C16H17N3O2. The van der Waals surface area contributed by atoms with Crippen LogP contribution in [0.4, 0.5) is 11.4 Å². The number of nitrogens with one attached hydrogen (secondary N) is 2. The van der Waals surface area contributed by atoms with Crippen LogP contribution in [0.3, 0.4) is 0 Å². The van der Waals surface area contributed by atoms with Crippen LogP contribution in [0.25, 0.3) is 0 Å². The Hall–Kier alpha value is -2.82. The predicted molar refractivity (Wildman–Crippen MR) is 82.7 cm³/mol. The first kappa shape index (κ1) is 14.6. The van der Waals surface area contributed by atoms with E-state index in [1.165, 1.54) is 6.92 Å². The quantitative estimate of drug-likeness (QED) is 0.787. The average Bonchev–Trinajstić information content (AvgIpc) is 2.45. The third-order valence-electron chi connectivity index (χ3n) is 2.91. The zero-order valence-electron chi connectivity index (χ0n) is 11.7. The second-order valence-corrected chi connectivity index (χ2v) is 4.65. The predicted octanol–water partition coefficient (Wildman–Crippen LogP) is 2.28. The summed E-state index contributed by atoms with van der Waals surface area (Å²) >= 11 is 0. The van der Waals surface area contributed by atoms with Crippen molar-refractivity contribution in [2.75, 3.05) is 10.6 Å². The number of nitrogens with two attached hydrogens (primary N) is 1. The van der Waals surface area contributed by atoms with Crippen molar-refractivity contribution in [3.05, 3.63) is 60.2 Å². The van der Waals surface area contributed by atoms with Gasteiger partial charge in [-0.2, -0.15) is 0 Å². The van der Waals surface area contributed by atoms with E-state index in [-0.39, 0.29) is 5.91 Å². The van der Waals surface area contributed by atoms with Crippen LogP contribution in [-0.2, 0) is 9.59 Å². The van der Waals surface area contributed by atoms with E-state index in [1.807, 2.05) is 36.4 Å². The molecule has 0 fully saturated rings. The highest BCUT2D eigenvalue weighted by Gasteiger charge is 2.17. The number of rotatable bonds is 5. The minimum Gasteiger partial charge on any atom is -0.370 e. The van der Waals surface area contributed by atoms with Crippen LogP contribution < -0.4 is 16.4 Å². The van der Waals surface area contributed by atoms with Crippen molar-refractivity contribution >= 4 is 23.2 Å². The maximum absolute atomic E-state index is 11.7. The molecule has 4 N–H and O–H groups in total. The largest absolute Gasteiger partial charge is 0.370 e. The molecule has 1 atom stereocenters. The highest BCUT2D eigenvalue weighted by Crippen LogP contribution is 2.22. The van der Waals surface area contributed by atoms with Crippen LogP contribution in [0.1, 0.15) is 18.5 Å². The van der Waals surface area contributed by atoms with E-state index in [1.54, 1.807) is 18.2 Å². The maximum atomic E-state index is 11.7. The summed E-state index contributed by atoms with van der Waals surface area (Å²) in [5.41, 5.74) is 7.61. The minimum atomic E-state index is -0.626. The topological polar surface area (TPSA) is 84.2 Å². The molecule has 2 aromatic carbocycles. The van der Waals surface area contributed by atoms with Gasteiger partial charge in [-0.05, 0) is 23.8 Å². The number of hydrogen-bond acceptors (Lipinski definition) is 3. The monoisotopic (exact) mass is 283 g/mol. The van der Waals surface area contributed by atoms with Crippen molar-refractivity contribution in [2.45, 2.75) is 13.0 Å². The Morgan fingerprint density at radius 1 is 1.00 bits per heavy atom. The SMILES string of the molecule is CC(=O)Nc1cccc(N[C@H](C(N)=O)c2ccccc2)c1. The summed E-state index contributed by atoms with van der Waals surface area (Å²) in [6.45, 7) is 1.44. The summed E-state index contributed by atoms with van der Waals surface area (Å²) in [5, 5.41) is 5.77. The Balaban J connectivity index is 2.22. The zero-order valence-corrected chi connectivity index (χ0v) is 11.7. The molecule has 0 saturated heterocycles. The van der Waals surface area contributed by atoms with Gasteiger partial charge in [0.25, 0.3) is 0 Å². The number of benzene rings is 2. The summed E-state index contributed by atoms with van der Waals surface area (Å²) in [7, 11) is 0. The number of amides is 2. The molecule has 2 aromatic rings. The third-order valence-corrected chi connectivity index (χ3v) is 2.91. The average molecular weight is 283 g/mol. The van der Waals surface area contributed by atoms with E-state index in [4.69, 9.17) is 5.73 Å². The first-order chi connectivity index (χ1) is 10.1. The Morgan fingerprint density at radius 2 is 1.67 bits per heavy atom. The summed E-state index contributed by atoms with van der Waals surface area (Å²) < 4.78 is 0. The van der Waals surface area contributed by atoms with Gasteiger partial charge in [0.05, 0.1) is 0 Å². The maximum Gasteiger partial charge on any atom is 0.244 e. The van der Waals surface area contributed by atoms with Gasteiger partial charge in [-0.3, -0.25) is 9.59 Å². The lowest BCUT2D eigenvalue weighted by Gasteiger charge is -2.17. The molecular weight excluding hydrogens is 266 g/mol. The fourth-order valence-corrected chi connectivity index (χ4v) is 2.02. The van der Waals surface area contributed by atoms with E-state index < -0.39 is 11.9 Å². The lowest BCUT2D eigenvalue weighted by Crippen LogP contribution is -2.27. The van der Waals surface area contributed by atoms with Crippen molar-refractivity contribution in [1.29, 1.82) is 0 Å². The van der Waals surface area contributed by atoms with Crippen LogP contribution in [0, 0.1) is 0 Å². The van der Waals surface area contributed by atoms with Crippen molar-refractivity contribution in [2.24, 2.45) is 5.73 Å². The number of carbonyl (C=O) groups is 2. The summed E-state index contributed by atoms with van der Waals surface area (Å²) in [4.78, 5) is 22.7. The van der Waals surface area contributed by atoms with Gasteiger partial charge in [0.2, 0.25) is 11.8 Å². The fourth-order valence-electron chi connectivity index (χ4n) is 2.02. The van der Waals surface area contributed by atoms with Crippen molar-refractivity contribution in [3.63, 3.8) is 0 Å². The molecule has 0 heterocycles. The van der Waals surface area contributed by atoms with Gasteiger partial charge in [-0.25, -0.2) is 0 Å². The van der Waals surface area contributed by atoms with Crippen LogP contribution in [0.15, 0.2) is 54.6 Å². The van der Waals surface area contributed by atoms with E-state index in [9.17, 15) is 9.59 Å². The lowest BCUT2D eigenvalue weighted by molar-refractivity contribution is -0.119. The molecule has 5 heteroatoms. The van der Waals surface area contributed by atoms with Crippen molar-refractivity contribution in [3.8, 4) is 0 Å². The number of hydrogen-bond donors (Lipinski definition) is 3. The molecule has 0 saturated carbocycles. The second kappa shape index (κ2) is 6.56. The molecule has 0 aliphatic heterocycles. The molecule has 0 spiro atoms. The van der Waals surface area contributed by atoms with Crippen LogP contribution >= 0.6 is 0 Å². The summed E-state index contributed by atoms with van der Waals surface area (Å²) in [6, 6.07) is 15.7. The van der Waals surface area contributed by atoms with Crippen molar-refractivity contribution < 1.29 is 9.59 Å². The molecule has 108 valence electrons. The number of carbonyl (C=O) groups excluding carboxylic acids is 2. The summed E-state index contributed by atoms with van der Waals surface area (Å²) in [6.07, 6.45) is 0. The van der Waals surface area contributed by atoms with E-state index in [0.717, 1.165) is 5.56 Å². The van der Waals surface area contributed by atoms with Crippen LogP contribution in [0.5, 0.6) is 0 Å². The molecule has 0 unspecified atom stereocenters. The molecule has 5 nitrogen and oxygen atoms in total. The van der Waals surface area contributed by atoms with Gasteiger partial charge < -0.3 is 16.4 Å². The van der Waals surface area contributed by atoms with Gasteiger partial charge in [0.15, 0.2) is 0 Å². The van der Waals surface area contributed by atoms with Gasteiger partial charge >= 0.3 is 0 Å². The van der Waals surface area contributed by atoms with Crippen LogP contribution in [-0.4, -0.2) is 11.8 Å². The number of primary amides is 1. The van der Waals surface area contributed by atoms with E-state index >= 15 is 0 Å². The normalized spacial score (nSPS) is 11.5. The van der Waals surface area contributed by atoms with E-state index in [0.29, 0.717) is 11.4 Å². The molecule has 21 heavy (non-hydrogen) atoms. The van der Waals surface area contributed by atoms with E-state index in [2.05, 4.69) is 10.6 Å². The zero-order chi connectivity index (χ0) is 15.2. The first-order valence-corrected chi connectivity index (χ1v) is 6.54. The molecule has 2 rings (SSSR count). The Morgan fingerprint density at radius 3 is 2.29 bits per heavy atom. The van der Waals surface area contributed by atoms with Crippen molar-refractivity contribution in [1.82, 2.24) is 0 Å². The molecule has 0 radical (unpaired) electrons. The molecule has 0 aliphatic rings. The fraction of sp³-hybridized carbons (Fsp3) is 0.125. The number of anilines is 2. The standard InChI is InChI=1S/C16H17N3O2/c1-11(20)18-13-8-5-9-14(10-13)19-15(16(17)21)12-6-3-2-4-7-12/h2-10,15,19H,1H3,(H2,17,21)(H,18,20)/t15-/m0/s1. The minimum absolute atomic E-state index is 0.151. The Bertz CT molecular complexity index is 641. The smallest absolute Gasteiger partial charge is 0.244 e. The Kier molecular flexibility index (Phi) is 4.56. The van der Waals surface area contributed by atoms with Gasteiger partial charge in [-0.1, -0.05) is 36.4 Å². The highest BCUT2D eigenvalue weighted by molar-refractivity contribution is 5.89. The molecule has 0 bridgehead atoms. The second-order valence-electron chi connectivity index (χ2n) is 4.65. The molecule has 0 aliphatic carbocycles. The van der Waals surface area contributed by atoms with Gasteiger partial charge in [-0.15, -0.1) is 0 Å². The molecule has 0 aromatic heterocycles. The highest BCUT2D eigenvalue weighted by atomic mass is 16.2.